The van der Waals surface area contributed by atoms with Crippen molar-refractivity contribution < 1.29 is 14.3 Å². The summed E-state index contributed by atoms with van der Waals surface area (Å²) in [4.78, 5) is 11.8. The second-order valence-corrected chi connectivity index (χ2v) is 5.90. The molecule has 3 rings (SSSR count). The molecule has 7 heteroatoms. The zero-order chi connectivity index (χ0) is 15.0. The molecule has 0 saturated carbocycles. The number of hydrogen-bond donors (Lipinski definition) is 1. The minimum Gasteiger partial charge on any atom is -0.476 e. The Hall–Kier alpha value is -2.18. The predicted octanol–water partition coefficient (Wildman–Crippen LogP) is 4.09. The zero-order valence-electron chi connectivity index (χ0n) is 10.5. The molecule has 0 radical (unpaired) electrons. The highest BCUT2D eigenvalue weighted by Gasteiger charge is 2.18. The highest BCUT2D eigenvalue weighted by molar-refractivity contribution is 7.19. The molecule has 0 bridgehead atoms. The van der Waals surface area contributed by atoms with Crippen LogP contribution in [0.2, 0.25) is 4.34 Å². The van der Waals surface area contributed by atoms with Crippen molar-refractivity contribution in [3.05, 3.63) is 58.3 Å². The van der Waals surface area contributed by atoms with E-state index in [9.17, 15) is 9.18 Å². The standard InChI is InChI=1S/C14H8ClFN2O2S/c15-13-6-5-12(21-13)11-7-9(14(19)20)17-18(11)10-4-2-1-3-8(10)16/h1-7H,(H,19,20). The van der Waals surface area contributed by atoms with E-state index in [1.807, 2.05) is 0 Å². The maximum absolute atomic E-state index is 14.0. The van der Waals surface area contributed by atoms with Gasteiger partial charge in [0.1, 0.15) is 11.5 Å². The summed E-state index contributed by atoms with van der Waals surface area (Å²) in [6, 6.07) is 10.9. The van der Waals surface area contributed by atoms with Crippen LogP contribution >= 0.6 is 22.9 Å². The zero-order valence-corrected chi connectivity index (χ0v) is 12.0. The van der Waals surface area contributed by atoms with Gasteiger partial charge in [-0.1, -0.05) is 23.7 Å². The van der Waals surface area contributed by atoms with Gasteiger partial charge in [0.2, 0.25) is 0 Å². The number of halogens is 2. The minimum absolute atomic E-state index is 0.155. The summed E-state index contributed by atoms with van der Waals surface area (Å²) in [6.07, 6.45) is 0. The second-order valence-electron chi connectivity index (χ2n) is 4.19. The normalized spacial score (nSPS) is 10.8. The fourth-order valence-corrected chi connectivity index (χ4v) is 2.96. The first-order valence-electron chi connectivity index (χ1n) is 5.90. The Kier molecular flexibility index (Phi) is 3.48. The highest BCUT2D eigenvalue weighted by Crippen LogP contribution is 2.33. The van der Waals surface area contributed by atoms with Crippen molar-refractivity contribution in [3.63, 3.8) is 0 Å². The van der Waals surface area contributed by atoms with Gasteiger partial charge in [0.25, 0.3) is 0 Å². The van der Waals surface area contributed by atoms with E-state index in [0.717, 1.165) is 0 Å². The number of aromatic carboxylic acids is 1. The molecule has 0 spiro atoms. The van der Waals surface area contributed by atoms with E-state index in [4.69, 9.17) is 16.7 Å². The summed E-state index contributed by atoms with van der Waals surface area (Å²) in [7, 11) is 0. The lowest BCUT2D eigenvalue weighted by Gasteiger charge is -2.06. The maximum atomic E-state index is 14.0. The number of carbonyl (C=O) groups is 1. The van der Waals surface area contributed by atoms with Gasteiger partial charge in [-0.25, -0.2) is 13.9 Å². The second kappa shape index (κ2) is 5.31. The molecule has 0 aliphatic heterocycles. The molecule has 0 amide bonds. The molecule has 0 unspecified atom stereocenters. The van der Waals surface area contributed by atoms with E-state index in [-0.39, 0.29) is 11.4 Å². The van der Waals surface area contributed by atoms with Crippen LogP contribution in [0.4, 0.5) is 4.39 Å². The van der Waals surface area contributed by atoms with E-state index >= 15 is 0 Å². The summed E-state index contributed by atoms with van der Waals surface area (Å²) in [5, 5.41) is 13.1. The van der Waals surface area contributed by atoms with E-state index in [1.165, 1.54) is 34.2 Å². The van der Waals surface area contributed by atoms with E-state index < -0.39 is 11.8 Å². The molecular weight excluding hydrogens is 315 g/mol. The van der Waals surface area contributed by atoms with E-state index in [1.54, 1.807) is 24.3 Å². The minimum atomic E-state index is -1.17. The van der Waals surface area contributed by atoms with Crippen LogP contribution in [-0.2, 0) is 0 Å². The molecular formula is C14H8ClFN2O2S. The largest absolute Gasteiger partial charge is 0.476 e. The van der Waals surface area contributed by atoms with Crippen molar-refractivity contribution >= 4 is 28.9 Å². The van der Waals surface area contributed by atoms with Gasteiger partial charge in [-0.15, -0.1) is 11.3 Å². The lowest BCUT2D eigenvalue weighted by molar-refractivity contribution is 0.0690. The van der Waals surface area contributed by atoms with Gasteiger partial charge < -0.3 is 5.11 Å². The van der Waals surface area contributed by atoms with Crippen LogP contribution < -0.4 is 0 Å². The smallest absolute Gasteiger partial charge is 0.356 e. The van der Waals surface area contributed by atoms with Crippen LogP contribution in [0.1, 0.15) is 10.5 Å². The lowest BCUT2D eigenvalue weighted by Crippen LogP contribution is -2.03. The Balaban J connectivity index is 2.24. The molecule has 1 N–H and O–H groups in total. The fourth-order valence-electron chi connectivity index (χ4n) is 1.92. The van der Waals surface area contributed by atoms with Gasteiger partial charge in [-0.2, -0.15) is 5.10 Å². The van der Waals surface area contributed by atoms with Gasteiger partial charge in [0, 0.05) is 6.07 Å². The number of thiophene rings is 1. The molecule has 21 heavy (non-hydrogen) atoms. The summed E-state index contributed by atoms with van der Waals surface area (Å²) >= 11 is 7.18. The number of carboxylic acids is 1. The first-order chi connectivity index (χ1) is 10.1. The number of rotatable bonds is 3. The van der Waals surface area contributed by atoms with Crippen molar-refractivity contribution in [2.24, 2.45) is 0 Å². The van der Waals surface area contributed by atoms with Crippen LogP contribution in [0, 0.1) is 5.82 Å². The van der Waals surface area contributed by atoms with Crippen molar-refractivity contribution in [1.82, 2.24) is 9.78 Å². The summed E-state index contributed by atoms with van der Waals surface area (Å²) < 4.78 is 15.8. The molecule has 0 fully saturated rings. The van der Waals surface area contributed by atoms with Crippen molar-refractivity contribution in [2.45, 2.75) is 0 Å². The van der Waals surface area contributed by atoms with Crippen LogP contribution in [0.3, 0.4) is 0 Å². The molecule has 4 nitrogen and oxygen atoms in total. The monoisotopic (exact) mass is 322 g/mol. The van der Waals surface area contributed by atoms with Gasteiger partial charge in [-0.3, -0.25) is 0 Å². The third kappa shape index (κ3) is 2.55. The SMILES string of the molecule is O=C(O)c1cc(-c2ccc(Cl)s2)n(-c2ccccc2F)n1. The molecule has 106 valence electrons. The number of carboxylic acid groups (broad SMARTS) is 1. The average molecular weight is 323 g/mol. The summed E-state index contributed by atoms with van der Waals surface area (Å²) in [5.74, 6) is -1.66. The lowest BCUT2D eigenvalue weighted by atomic mass is 10.2. The molecule has 2 heterocycles. The molecule has 0 saturated heterocycles. The third-order valence-corrected chi connectivity index (χ3v) is 4.09. The quantitative estimate of drug-likeness (QED) is 0.790. The predicted molar refractivity (Wildman–Crippen MR) is 78.8 cm³/mol. The van der Waals surface area contributed by atoms with Crippen molar-refractivity contribution in [1.29, 1.82) is 0 Å². The number of hydrogen-bond acceptors (Lipinski definition) is 3. The molecule has 1 aromatic carbocycles. The summed E-state index contributed by atoms with van der Waals surface area (Å²) in [6.45, 7) is 0. The van der Waals surface area contributed by atoms with Gasteiger partial charge in [0.05, 0.1) is 14.9 Å². The Morgan fingerprint density at radius 1 is 1.29 bits per heavy atom. The number of benzene rings is 1. The number of nitrogens with zero attached hydrogens (tertiary/aromatic N) is 2. The van der Waals surface area contributed by atoms with Crippen LogP contribution in [0.15, 0.2) is 42.5 Å². The van der Waals surface area contributed by atoms with Crippen LogP contribution in [0.25, 0.3) is 16.3 Å². The van der Waals surface area contributed by atoms with Gasteiger partial charge in [-0.05, 0) is 24.3 Å². The van der Waals surface area contributed by atoms with Crippen molar-refractivity contribution in [3.8, 4) is 16.3 Å². The third-order valence-electron chi connectivity index (χ3n) is 2.83. The van der Waals surface area contributed by atoms with Gasteiger partial charge >= 0.3 is 5.97 Å². The van der Waals surface area contributed by atoms with Crippen LogP contribution in [-0.4, -0.2) is 20.9 Å². The van der Waals surface area contributed by atoms with E-state index in [2.05, 4.69) is 5.10 Å². The molecule has 0 aliphatic rings. The highest BCUT2D eigenvalue weighted by atomic mass is 35.5. The summed E-state index contributed by atoms with van der Waals surface area (Å²) in [5.41, 5.74) is 0.511. The Bertz CT molecular complexity index is 828. The first-order valence-corrected chi connectivity index (χ1v) is 7.09. The Labute approximate surface area is 128 Å². The molecule has 0 atom stereocenters. The molecule has 0 aliphatic carbocycles. The maximum Gasteiger partial charge on any atom is 0.356 e. The Morgan fingerprint density at radius 3 is 2.67 bits per heavy atom. The first kappa shape index (κ1) is 13.8. The van der Waals surface area contributed by atoms with Crippen molar-refractivity contribution in [2.75, 3.05) is 0 Å². The number of aromatic nitrogens is 2. The molecule has 3 aromatic rings. The topological polar surface area (TPSA) is 55.1 Å². The van der Waals surface area contributed by atoms with Gasteiger partial charge in [0.15, 0.2) is 5.69 Å². The number of para-hydroxylation sites is 1. The van der Waals surface area contributed by atoms with E-state index in [0.29, 0.717) is 14.9 Å². The Morgan fingerprint density at radius 2 is 2.05 bits per heavy atom. The average Bonchev–Trinajstić information content (AvgIpc) is 3.05. The fraction of sp³-hybridized carbons (Fsp3) is 0. The molecule has 2 aromatic heterocycles. The van der Waals surface area contributed by atoms with Crippen LogP contribution in [0.5, 0.6) is 0 Å².